The minimum atomic E-state index is -0.0749. The van der Waals surface area contributed by atoms with E-state index >= 15 is 0 Å². The molecule has 1 amide bonds. The summed E-state index contributed by atoms with van der Waals surface area (Å²) in [6.07, 6.45) is 8.80. The second-order valence-corrected chi connectivity index (χ2v) is 7.86. The van der Waals surface area contributed by atoms with Crippen LogP contribution in [0.25, 0.3) is 0 Å². The lowest BCUT2D eigenvalue weighted by atomic mass is 10.1. The van der Waals surface area contributed by atoms with Crippen molar-refractivity contribution in [2.24, 2.45) is 0 Å². The summed E-state index contributed by atoms with van der Waals surface area (Å²) in [6, 6.07) is 7.83. The van der Waals surface area contributed by atoms with Crippen LogP contribution in [0.5, 0.6) is 0 Å². The van der Waals surface area contributed by atoms with Crippen LogP contribution in [-0.4, -0.2) is 34.5 Å². The minimum absolute atomic E-state index is 0.0749. The standard InChI is InChI=1S/C24H29ClN4O/c1-6-8-9-18(7-2)16-21-26-23-22(24(30)28(5)17(3)27(23)4)29(21)15-14-19-10-12-20(25)13-11-19/h7-13H,3,6,14-16H2,1-2,4-5H3/b9-8-,18-7+. The first-order chi connectivity index (χ1) is 14.4. The number of nitrogens with zero attached hydrogens (tertiary/aromatic N) is 4. The second kappa shape index (κ2) is 9.35. The molecule has 0 spiro atoms. The lowest BCUT2D eigenvalue weighted by Crippen LogP contribution is -2.41. The molecule has 0 N–H and O–H groups in total. The topological polar surface area (TPSA) is 41.4 Å². The van der Waals surface area contributed by atoms with Gasteiger partial charge in [-0.15, -0.1) is 0 Å². The molecule has 3 rings (SSSR count). The number of hydrogen-bond donors (Lipinski definition) is 0. The van der Waals surface area contributed by atoms with Crippen LogP contribution in [-0.2, 0) is 19.4 Å². The van der Waals surface area contributed by atoms with Crippen molar-refractivity contribution in [1.82, 2.24) is 14.5 Å². The van der Waals surface area contributed by atoms with Crippen LogP contribution in [0.3, 0.4) is 0 Å². The molecule has 5 nitrogen and oxygen atoms in total. The molecular weight excluding hydrogens is 396 g/mol. The van der Waals surface area contributed by atoms with E-state index in [1.165, 1.54) is 11.1 Å². The van der Waals surface area contributed by atoms with Gasteiger partial charge in [-0.1, -0.05) is 55.5 Å². The Morgan fingerprint density at radius 3 is 2.53 bits per heavy atom. The molecule has 0 fully saturated rings. The Hall–Kier alpha value is -2.79. The van der Waals surface area contributed by atoms with Gasteiger partial charge in [-0.2, -0.15) is 0 Å². The fraction of sp³-hybridized carbons (Fsp3) is 0.333. The number of carbonyl (C=O) groups is 1. The van der Waals surface area contributed by atoms with E-state index in [1.807, 2.05) is 43.1 Å². The van der Waals surface area contributed by atoms with Crippen LogP contribution in [0.4, 0.5) is 5.82 Å². The van der Waals surface area contributed by atoms with E-state index in [0.717, 1.165) is 23.7 Å². The Kier molecular flexibility index (Phi) is 6.83. The Morgan fingerprint density at radius 1 is 1.20 bits per heavy atom. The van der Waals surface area contributed by atoms with Gasteiger partial charge in [-0.25, -0.2) is 4.98 Å². The van der Waals surface area contributed by atoms with Crippen LogP contribution in [0.2, 0.25) is 5.02 Å². The molecule has 0 aliphatic carbocycles. The summed E-state index contributed by atoms with van der Waals surface area (Å²) in [5.74, 6) is 2.10. The molecular formula is C24H29ClN4O. The summed E-state index contributed by atoms with van der Waals surface area (Å²) < 4.78 is 2.06. The van der Waals surface area contributed by atoms with Gasteiger partial charge in [0.2, 0.25) is 0 Å². The van der Waals surface area contributed by atoms with Crippen molar-refractivity contribution in [2.75, 3.05) is 19.0 Å². The second-order valence-electron chi connectivity index (χ2n) is 7.42. The molecule has 1 aromatic heterocycles. The van der Waals surface area contributed by atoms with Crippen molar-refractivity contribution >= 4 is 23.3 Å². The molecule has 1 aromatic carbocycles. The highest BCUT2D eigenvalue weighted by atomic mass is 35.5. The third-order valence-electron chi connectivity index (χ3n) is 5.47. The normalized spacial score (nSPS) is 14.8. The molecule has 1 aliphatic heterocycles. The number of rotatable bonds is 7. The van der Waals surface area contributed by atoms with Gasteiger partial charge < -0.3 is 9.47 Å². The van der Waals surface area contributed by atoms with Gasteiger partial charge in [0.25, 0.3) is 5.91 Å². The quantitative estimate of drug-likeness (QED) is 0.571. The van der Waals surface area contributed by atoms with E-state index in [9.17, 15) is 4.79 Å². The highest BCUT2D eigenvalue weighted by Crippen LogP contribution is 2.32. The average Bonchev–Trinajstić information content (AvgIpc) is 3.11. The molecule has 2 heterocycles. The van der Waals surface area contributed by atoms with Crippen molar-refractivity contribution < 1.29 is 4.79 Å². The van der Waals surface area contributed by atoms with Gasteiger partial charge in [0.1, 0.15) is 11.6 Å². The molecule has 0 saturated heterocycles. The average molecular weight is 425 g/mol. The molecule has 0 radical (unpaired) electrons. The zero-order valence-electron chi connectivity index (χ0n) is 18.2. The minimum Gasteiger partial charge on any atom is -0.322 e. The van der Waals surface area contributed by atoms with Gasteiger partial charge in [0.05, 0.1) is 0 Å². The summed E-state index contributed by atoms with van der Waals surface area (Å²) in [5, 5.41) is 0.719. The zero-order chi connectivity index (χ0) is 21.8. The molecule has 0 saturated carbocycles. The highest BCUT2D eigenvalue weighted by Gasteiger charge is 2.34. The monoisotopic (exact) mass is 424 g/mol. The fourth-order valence-corrected chi connectivity index (χ4v) is 3.66. The summed E-state index contributed by atoms with van der Waals surface area (Å²) in [4.78, 5) is 21.5. The molecule has 6 heteroatoms. The number of hydrogen-bond acceptors (Lipinski definition) is 3. The molecule has 0 atom stereocenters. The first-order valence-corrected chi connectivity index (χ1v) is 10.6. The third-order valence-corrected chi connectivity index (χ3v) is 5.72. The Balaban J connectivity index is 2.01. The van der Waals surface area contributed by atoms with Gasteiger partial charge in [-0.05, 0) is 43.0 Å². The molecule has 0 bridgehead atoms. The van der Waals surface area contributed by atoms with Crippen LogP contribution in [0.15, 0.2) is 60.5 Å². The summed E-state index contributed by atoms with van der Waals surface area (Å²) >= 11 is 6.02. The molecule has 2 aromatic rings. The maximum Gasteiger partial charge on any atom is 0.279 e. The lowest BCUT2D eigenvalue weighted by molar-refractivity contribution is 0.0815. The Morgan fingerprint density at radius 2 is 1.90 bits per heavy atom. The van der Waals surface area contributed by atoms with E-state index in [-0.39, 0.29) is 5.91 Å². The fourth-order valence-electron chi connectivity index (χ4n) is 3.53. The van der Waals surface area contributed by atoms with E-state index in [1.54, 1.807) is 11.9 Å². The number of fused-ring (bicyclic) bond motifs is 1. The number of imidazole rings is 1. The van der Waals surface area contributed by atoms with Crippen LogP contribution < -0.4 is 4.90 Å². The number of aromatic nitrogens is 2. The SMILES string of the molecule is C=C1N(C)C(=O)c2c(nc(CC(/C=C\CC)=C/C)n2CCc2ccc(Cl)cc2)N1C. The first-order valence-electron chi connectivity index (χ1n) is 10.2. The smallest absolute Gasteiger partial charge is 0.279 e. The third kappa shape index (κ3) is 4.36. The predicted molar refractivity (Wildman–Crippen MR) is 124 cm³/mol. The van der Waals surface area contributed by atoms with Crippen LogP contribution in [0, 0.1) is 0 Å². The summed E-state index contributed by atoms with van der Waals surface area (Å²) in [6.45, 7) is 8.84. The number of allylic oxidation sites excluding steroid dienone is 4. The van der Waals surface area contributed by atoms with E-state index in [0.29, 0.717) is 30.3 Å². The van der Waals surface area contributed by atoms with Crippen molar-refractivity contribution in [3.63, 3.8) is 0 Å². The number of aryl methyl sites for hydroxylation is 1. The predicted octanol–water partition coefficient (Wildman–Crippen LogP) is 5.23. The largest absolute Gasteiger partial charge is 0.322 e. The van der Waals surface area contributed by atoms with Crippen molar-refractivity contribution in [1.29, 1.82) is 0 Å². The highest BCUT2D eigenvalue weighted by molar-refractivity contribution is 6.30. The Labute approximate surface area is 184 Å². The number of amides is 1. The number of benzene rings is 1. The maximum atomic E-state index is 13.1. The van der Waals surface area contributed by atoms with Crippen molar-refractivity contribution in [2.45, 2.75) is 39.7 Å². The van der Waals surface area contributed by atoms with Gasteiger partial charge >= 0.3 is 0 Å². The van der Waals surface area contributed by atoms with E-state index in [2.05, 4.69) is 36.3 Å². The molecule has 1 aliphatic rings. The van der Waals surface area contributed by atoms with Crippen LogP contribution in [0.1, 0.15) is 42.1 Å². The van der Waals surface area contributed by atoms with Gasteiger partial charge in [-0.3, -0.25) is 9.69 Å². The number of carbonyl (C=O) groups excluding carboxylic acids is 1. The molecule has 158 valence electrons. The van der Waals surface area contributed by atoms with E-state index < -0.39 is 0 Å². The number of halogens is 1. The van der Waals surface area contributed by atoms with Crippen molar-refractivity contribution in [3.05, 3.63) is 82.6 Å². The van der Waals surface area contributed by atoms with Crippen molar-refractivity contribution in [3.8, 4) is 0 Å². The first kappa shape index (κ1) is 21.9. The van der Waals surface area contributed by atoms with E-state index in [4.69, 9.17) is 16.6 Å². The molecule has 0 unspecified atom stereocenters. The maximum absolute atomic E-state index is 13.1. The Bertz CT molecular complexity index is 1000. The summed E-state index contributed by atoms with van der Waals surface area (Å²) in [5.41, 5.74) is 2.96. The zero-order valence-corrected chi connectivity index (χ0v) is 18.9. The molecule has 30 heavy (non-hydrogen) atoms. The lowest BCUT2D eigenvalue weighted by Gasteiger charge is -2.33. The number of anilines is 1. The van der Waals surface area contributed by atoms with Gasteiger partial charge in [0, 0.05) is 32.1 Å². The van der Waals surface area contributed by atoms with Crippen LogP contribution >= 0.6 is 11.6 Å². The van der Waals surface area contributed by atoms with Gasteiger partial charge in [0.15, 0.2) is 11.5 Å². The summed E-state index contributed by atoms with van der Waals surface area (Å²) in [7, 11) is 3.65.